The second-order valence-corrected chi connectivity index (χ2v) is 23.7. The zero-order valence-electron chi connectivity index (χ0n) is 45.4. The van der Waals surface area contributed by atoms with Gasteiger partial charge in [-0.1, -0.05) is 138 Å². The minimum atomic E-state index is -1.35. The van der Waals surface area contributed by atoms with E-state index in [1.807, 2.05) is 37.4 Å². The van der Waals surface area contributed by atoms with Crippen LogP contribution in [-0.2, 0) is 11.2 Å². The second-order valence-electron chi connectivity index (χ2n) is 23.7. The van der Waals surface area contributed by atoms with Crippen molar-refractivity contribution in [1.29, 1.82) is 0 Å². The number of unbranched alkanes of at least 4 members (excludes halogenated alkanes) is 3. The first-order chi connectivity index (χ1) is 36.7. The normalized spacial score (nSPS) is 30.2. The zero-order valence-corrected chi connectivity index (χ0v) is 45.4. The average Bonchev–Trinajstić information content (AvgIpc) is 3.98. The van der Waals surface area contributed by atoms with Crippen LogP contribution in [0.1, 0.15) is 138 Å². The zero-order chi connectivity index (χ0) is 53.7. The lowest BCUT2D eigenvalue weighted by Crippen LogP contribution is -2.59. The largest absolute Gasteiger partial charge is 0.508 e. The number of hydrogen-bond donors (Lipinski definition) is 10. The molecule has 11 heteroatoms. The minimum absolute atomic E-state index is 0.00819. The number of hydrogen-bond acceptors (Lipinski definition) is 9. The molecule has 0 radical (unpaired) electrons. The SMILES string of the molecule is CCCCCC1C=CC(CCCCC2CCC(c3cc(-c4ccccc4)c(-c4cc(O)cc(O)c4Cc4ccc(C(C)C)cc4)[nH]3)C3CC(CC4=CCNC(N)=C4)C4C=CC(C(O)C2C(=O)O)C(CNC)C43O)C(O)C1. The van der Waals surface area contributed by atoms with Crippen molar-refractivity contribution in [3.05, 3.63) is 143 Å². The highest BCUT2D eigenvalue weighted by Crippen LogP contribution is 2.62. The smallest absolute Gasteiger partial charge is 0.309 e. The van der Waals surface area contributed by atoms with Crippen molar-refractivity contribution in [1.82, 2.24) is 15.6 Å². The van der Waals surface area contributed by atoms with Gasteiger partial charge in [0.2, 0.25) is 0 Å². The summed E-state index contributed by atoms with van der Waals surface area (Å²) in [7, 11) is 1.87. The molecule has 4 aliphatic carbocycles. The van der Waals surface area contributed by atoms with Gasteiger partial charge in [-0.25, -0.2) is 0 Å². The van der Waals surface area contributed by atoms with Gasteiger partial charge in [-0.05, 0) is 128 Å². The molecule has 4 aromatic rings. The number of aliphatic hydroxyl groups excluding tert-OH is 2. The summed E-state index contributed by atoms with van der Waals surface area (Å²) in [5.41, 5.74) is 13.2. The first-order valence-electron chi connectivity index (χ1n) is 28.8. The molecule has 2 saturated carbocycles. The molecular weight excluding hydrogens is 949 g/mol. The van der Waals surface area contributed by atoms with Crippen molar-refractivity contribution in [2.75, 3.05) is 20.1 Å². The lowest BCUT2D eigenvalue weighted by molar-refractivity contribution is -0.159. The van der Waals surface area contributed by atoms with Crippen molar-refractivity contribution < 1.29 is 35.4 Å². The Labute approximate surface area is 451 Å². The topological polar surface area (TPSA) is 204 Å². The van der Waals surface area contributed by atoms with Gasteiger partial charge < -0.3 is 52.0 Å². The fourth-order valence-electron chi connectivity index (χ4n) is 14.7. The summed E-state index contributed by atoms with van der Waals surface area (Å²) in [5.74, 6) is -3.12. The predicted molar refractivity (Wildman–Crippen MR) is 303 cm³/mol. The molecule has 408 valence electrons. The number of allylic oxidation sites excluding steroid dienone is 3. The molecule has 2 heterocycles. The molecule has 13 unspecified atom stereocenters. The third-order valence-electron chi connectivity index (χ3n) is 18.7. The standard InChI is InChI=1S/C65H86N4O7/c1-5-6-8-13-40-20-23-45(58(71)32-40)16-11-12-17-46-24-25-49(55-34-47(30-42-28-29-68-60(66)33-42)54-27-26-50(63(73)61(46)64(74)75)56(38-67-4)65(54,55)76)57-37-51(44-14-9-7-10-15-44)62(69-57)53-35-48(70)36-59(72)52(53)31-41-18-21-43(22-19-41)39(2)3/h7,9-10,14-15,18-23,26-28,33,35-37,39-40,45-47,49-50,54-56,58,61,63,67-73,76H,5-6,8,11-13,16-17,24-25,29-32,34,38,66H2,1-4H3,(H,74,75). The maximum Gasteiger partial charge on any atom is 0.309 e. The number of aromatic nitrogens is 1. The van der Waals surface area contributed by atoms with Crippen molar-refractivity contribution in [2.45, 2.75) is 140 Å². The molecule has 1 aliphatic heterocycles. The number of nitrogens with one attached hydrogen (secondary N) is 3. The van der Waals surface area contributed by atoms with Crippen LogP contribution in [-0.4, -0.2) is 79.5 Å². The van der Waals surface area contributed by atoms with Crippen LogP contribution in [0.15, 0.2) is 121 Å². The lowest BCUT2D eigenvalue weighted by Gasteiger charge is -2.52. The van der Waals surface area contributed by atoms with Gasteiger partial charge in [-0.3, -0.25) is 4.79 Å². The molecule has 76 heavy (non-hydrogen) atoms. The number of aliphatic hydroxyl groups is 3. The molecule has 13 atom stereocenters. The van der Waals surface area contributed by atoms with Gasteiger partial charge in [-0.15, -0.1) is 0 Å². The van der Waals surface area contributed by atoms with Crippen LogP contribution in [0.4, 0.5) is 0 Å². The third kappa shape index (κ3) is 11.8. The predicted octanol–water partition coefficient (Wildman–Crippen LogP) is 11.4. The van der Waals surface area contributed by atoms with E-state index in [1.165, 1.54) is 30.9 Å². The van der Waals surface area contributed by atoms with Gasteiger partial charge in [0.15, 0.2) is 0 Å². The van der Waals surface area contributed by atoms with Crippen molar-refractivity contribution in [2.24, 2.45) is 59.0 Å². The molecule has 0 amide bonds. The van der Waals surface area contributed by atoms with Crippen molar-refractivity contribution in [3.63, 3.8) is 0 Å². The summed E-state index contributed by atoms with van der Waals surface area (Å²) in [6.07, 6.45) is 22.5. The number of benzene rings is 3. The number of carboxylic acid groups (broad SMARTS) is 1. The van der Waals surface area contributed by atoms with Crippen LogP contribution in [0.3, 0.4) is 0 Å². The Hall–Kier alpha value is -5.59. The minimum Gasteiger partial charge on any atom is -0.508 e. The van der Waals surface area contributed by atoms with E-state index in [0.29, 0.717) is 80.4 Å². The molecule has 0 saturated heterocycles. The van der Waals surface area contributed by atoms with E-state index in [1.54, 1.807) is 6.07 Å². The summed E-state index contributed by atoms with van der Waals surface area (Å²) >= 11 is 0. The van der Waals surface area contributed by atoms with Gasteiger partial charge in [0.05, 0.1) is 35.2 Å². The van der Waals surface area contributed by atoms with Crippen molar-refractivity contribution in [3.8, 4) is 33.9 Å². The van der Waals surface area contributed by atoms with E-state index in [-0.39, 0.29) is 53.1 Å². The molecule has 5 aliphatic rings. The van der Waals surface area contributed by atoms with E-state index in [0.717, 1.165) is 65.8 Å². The van der Waals surface area contributed by atoms with E-state index < -0.39 is 35.4 Å². The number of dihydropyridines is 1. The van der Waals surface area contributed by atoms with E-state index in [4.69, 9.17) is 5.73 Å². The number of aromatic hydroxyl groups is 2. The highest BCUT2D eigenvalue weighted by Gasteiger charge is 2.63. The molecule has 9 rings (SSSR count). The number of carbonyl (C=O) groups is 1. The molecule has 2 bridgehead atoms. The second kappa shape index (κ2) is 24.4. The summed E-state index contributed by atoms with van der Waals surface area (Å²) in [6.45, 7) is 7.54. The summed E-state index contributed by atoms with van der Waals surface area (Å²) in [4.78, 5) is 17.8. The maximum atomic E-state index is 14.1. The number of rotatable bonds is 20. The monoisotopic (exact) mass is 1030 g/mol. The number of H-pyrrole nitrogens is 1. The first kappa shape index (κ1) is 55.2. The number of phenolic OH excluding ortho intramolecular Hbond substituents is 2. The first-order valence-corrected chi connectivity index (χ1v) is 28.8. The molecule has 3 aromatic carbocycles. The quantitative estimate of drug-likeness (QED) is 0.0300. The Kier molecular flexibility index (Phi) is 17.7. The summed E-state index contributed by atoms with van der Waals surface area (Å²) in [5, 5.41) is 79.0. The fourth-order valence-corrected chi connectivity index (χ4v) is 14.7. The van der Waals surface area contributed by atoms with Crippen LogP contribution in [0.5, 0.6) is 11.5 Å². The Morgan fingerprint density at radius 3 is 2.34 bits per heavy atom. The molecule has 11 nitrogen and oxygen atoms in total. The van der Waals surface area contributed by atoms with Crippen molar-refractivity contribution >= 4 is 5.97 Å². The number of aromatic amines is 1. The van der Waals surface area contributed by atoms with Crippen LogP contribution < -0.4 is 16.4 Å². The molecule has 2 fully saturated rings. The number of phenols is 2. The van der Waals surface area contributed by atoms with Gasteiger partial charge in [0.1, 0.15) is 11.5 Å². The summed E-state index contributed by atoms with van der Waals surface area (Å²) < 4.78 is 0. The van der Waals surface area contributed by atoms with E-state index in [9.17, 15) is 35.4 Å². The highest BCUT2D eigenvalue weighted by molar-refractivity contribution is 5.85. The Balaban J connectivity index is 1.13. The van der Waals surface area contributed by atoms with Gasteiger partial charge in [0, 0.05) is 77.6 Å². The van der Waals surface area contributed by atoms with Crippen LogP contribution in [0.25, 0.3) is 22.4 Å². The number of nitrogens with two attached hydrogens (primary N) is 1. The third-order valence-corrected chi connectivity index (χ3v) is 18.7. The molecule has 11 N–H and O–H groups in total. The van der Waals surface area contributed by atoms with Crippen LogP contribution >= 0.6 is 0 Å². The lowest BCUT2D eigenvalue weighted by atomic mass is 9.57. The number of carboxylic acids is 1. The Morgan fingerprint density at radius 2 is 1.63 bits per heavy atom. The molecular formula is C65H86N4O7. The maximum absolute atomic E-state index is 14.1. The molecule has 1 aromatic heterocycles. The van der Waals surface area contributed by atoms with Crippen LogP contribution in [0.2, 0.25) is 0 Å². The van der Waals surface area contributed by atoms with E-state index in [2.05, 4.69) is 103 Å². The number of aliphatic carboxylic acids is 1. The fraction of sp³-hybridized carbons (Fsp3) is 0.523. The van der Waals surface area contributed by atoms with E-state index >= 15 is 0 Å². The number of fused-ring (bicyclic) bond motifs is 1. The van der Waals surface area contributed by atoms with Gasteiger partial charge in [-0.2, -0.15) is 0 Å². The van der Waals surface area contributed by atoms with Crippen LogP contribution in [0, 0.1) is 53.3 Å². The van der Waals surface area contributed by atoms with Gasteiger partial charge >= 0.3 is 5.97 Å². The Morgan fingerprint density at radius 1 is 0.868 bits per heavy atom. The van der Waals surface area contributed by atoms with Gasteiger partial charge in [0.25, 0.3) is 0 Å². The average molecular weight is 1040 g/mol. The highest BCUT2D eigenvalue weighted by atomic mass is 16.4. The summed E-state index contributed by atoms with van der Waals surface area (Å²) in [6, 6.07) is 24.0. The molecule has 0 spiro atoms. The Bertz CT molecular complexity index is 2730.